The first-order valence-corrected chi connectivity index (χ1v) is 5.98. The van der Waals surface area contributed by atoms with Gasteiger partial charge in [-0.15, -0.1) is 12.4 Å². The average Bonchev–Trinajstić information content (AvgIpc) is 2.54. The Bertz CT molecular complexity index is 241. The van der Waals surface area contributed by atoms with Crippen LogP contribution in [0.2, 0.25) is 0 Å². The number of carbonyl (C=O) groups is 2. The minimum Gasteiger partial charge on any atom is -0.352 e. The third-order valence-corrected chi connectivity index (χ3v) is 2.85. The average molecular weight is 264 g/mol. The van der Waals surface area contributed by atoms with Crippen LogP contribution in [-0.2, 0) is 9.59 Å². The van der Waals surface area contributed by atoms with E-state index in [-0.39, 0.29) is 43.4 Å². The van der Waals surface area contributed by atoms with E-state index >= 15 is 0 Å². The smallest absolute Gasteiger partial charge is 0.239 e. The molecular weight excluding hydrogens is 242 g/mol. The standard InChI is InChI=1S/C11H21N3O2.ClH/c12-7-10(15)13-8-11(16)14-9-5-3-1-2-4-6-9;/h9H,1-8,12H2,(H,13,15)(H,14,16);1H. The summed E-state index contributed by atoms with van der Waals surface area (Å²) in [4.78, 5) is 22.3. The van der Waals surface area contributed by atoms with Crippen molar-refractivity contribution in [2.45, 2.75) is 44.6 Å². The molecule has 0 atom stereocenters. The number of hydrogen-bond acceptors (Lipinski definition) is 3. The highest BCUT2D eigenvalue weighted by Crippen LogP contribution is 2.16. The fourth-order valence-corrected chi connectivity index (χ4v) is 1.95. The Morgan fingerprint density at radius 1 is 1.06 bits per heavy atom. The summed E-state index contributed by atoms with van der Waals surface area (Å²) in [5, 5.41) is 5.41. The lowest BCUT2D eigenvalue weighted by atomic mass is 10.1. The monoisotopic (exact) mass is 263 g/mol. The van der Waals surface area contributed by atoms with Crippen LogP contribution in [0.3, 0.4) is 0 Å². The Hall–Kier alpha value is -0.810. The van der Waals surface area contributed by atoms with Gasteiger partial charge in [-0.1, -0.05) is 25.7 Å². The number of halogens is 1. The zero-order valence-corrected chi connectivity index (χ0v) is 10.9. The van der Waals surface area contributed by atoms with E-state index in [4.69, 9.17) is 5.73 Å². The molecule has 100 valence electrons. The van der Waals surface area contributed by atoms with Crippen LogP contribution in [-0.4, -0.2) is 30.9 Å². The first-order chi connectivity index (χ1) is 7.72. The highest BCUT2D eigenvalue weighted by Gasteiger charge is 2.14. The van der Waals surface area contributed by atoms with E-state index in [9.17, 15) is 9.59 Å². The largest absolute Gasteiger partial charge is 0.352 e. The van der Waals surface area contributed by atoms with Gasteiger partial charge in [-0.25, -0.2) is 0 Å². The molecule has 1 fully saturated rings. The Morgan fingerprint density at radius 3 is 2.18 bits per heavy atom. The molecule has 0 aromatic carbocycles. The van der Waals surface area contributed by atoms with Crippen LogP contribution in [0.4, 0.5) is 0 Å². The summed E-state index contributed by atoms with van der Waals surface area (Å²) in [6, 6.07) is 0.282. The van der Waals surface area contributed by atoms with Crippen molar-refractivity contribution < 1.29 is 9.59 Å². The van der Waals surface area contributed by atoms with E-state index < -0.39 is 0 Å². The minimum atomic E-state index is -0.295. The lowest BCUT2D eigenvalue weighted by Gasteiger charge is -2.16. The van der Waals surface area contributed by atoms with Gasteiger partial charge in [-0.2, -0.15) is 0 Å². The summed E-state index contributed by atoms with van der Waals surface area (Å²) in [5.74, 6) is -0.412. The molecule has 0 aliphatic heterocycles. The van der Waals surface area contributed by atoms with Crippen LogP contribution in [0.25, 0.3) is 0 Å². The molecule has 0 aromatic heterocycles. The molecule has 0 spiro atoms. The van der Waals surface area contributed by atoms with Crippen molar-refractivity contribution >= 4 is 24.2 Å². The number of rotatable bonds is 4. The van der Waals surface area contributed by atoms with Crippen LogP contribution < -0.4 is 16.4 Å². The highest BCUT2D eigenvalue weighted by atomic mass is 35.5. The molecule has 0 unspecified atom stereocenters. The summed E-state index contributed by atoms with van der Waals surface area (Å²) in [5.41, 5.74) is 5.12. The first kappa shape index (κ1) is 16.2. The normalized spacial score (nSPS) is 16.5. The van der Waals surface area contributed by atoms with Crippen molar-refractivity contribution in [1.29, 1.82) is 0 Å². The van der Waals surface area contributed by atoms with Gasteiger partial charge in [0.1, 0.15) is 0 Å². The SMILES string of the molecule is Cl.NCC(=O)NCC(=O)NC1CCCCCC1. The third-order valence-electron chi connectivity index (χ3n) is 2.85. The van der Waals surface area contributed by atoms with Gasteiger partial charge >= 0.3 is 0 Å². The van der Waals surface area contributed by atoms with Gasteiger partial charge < -0.3 is 16.4 Å². The Kier molecular flexibility index (Phi) is 8.80. The highest BCUT2D eigenvalue weighted by molar-refractivity contribution is 5.85. The number of amides is 2. The number of nitrogens with two attached hydrogens (primary N) is 1. The second-order valence-corrected chi connectivity index (χ2v) is 4.24. The van der Waals surface area contributed by atoms with E-state index in [1.807, 2.05) is 0 Å². The van der Waals surface area contributed by atoms with Gasteiger partial charge in [0.05, 0.1) is 13.1 Å². The van der Waals surface area contributed by atoms with Gasteiger partial charge in [0, 0.05) is 6.04 Å². The van der Waals surface area contributed by atoms with Crippen LogP contribution in [0.5, 0.6) is 0 Å². The summed E-state index contributed by atoms with van der Waals surface area (Å²) in [6.07, 6.45) is 6.99. The van der Waals surface area contributed by atoms with E-state index in [0.29, 0.717) is 0 Å². The topological polar surface area (TPSA) is 84.2 Å². The zero-order valence-electron chi connectivity index (χ0n) is 10.0. The molecule has 2 amide bonds. The maximum absolute atomic E-state index is 11.5. The van der Waals surface area contributed by atoms with Crippen molar-refractivity contribution in [3.8, 4) is 0 Å². The van der Waals surface area contributed by atoms with E-state index in [1.165, 1.54) is 25.7 Å². The Labute approximate surface area is 108 Å². The molecule has 6 heteroatoms. The number of hydrogen-bond donors (Lipinski definition) is 3. The number of nitrogens with one attached hydrogen (secondary N) is 2. The lowest BCUT2D eigenvalue weighted by Crippen LogP contribution is -2.43. The van der Waals surface area contributed by atoms with Crippen molar-refractivity contribution in [3.05, 3.63) is 0 Å². The second kappa shape index (κ2) is 9.24. The van der Waals surface area contributed by atoms with Crippen molar-refractivity contribution in [2.24, 2.45) is 5.73 Å². The van der Waals surface area contributed by atoms with E-state index in [1.54, 1.807) is 0 Å². The fraction of sp³-hybridized carbons (Fsp3) is 0.818. The third kappa shape index (κ3) is 7.18. The molecule has 0 radical (unpaired) electrons. The van der Waals surface area contributed by atoms with Crippen LogP contribution in [0.1, 0.15) is 38.5 Å². The van der Waals surface area contributed by atoms with E-state index in [0.717, 1.165) is 12.8 Å². The Balaban J connectivity index is 0.00000256. The first-order valence-electron chi connectivity index (χ1n) is 5.98. The zero-order chi connectivity index (χ0) is 11.8. The predicted molar refractivity (Wildman–Crippen MR) is 68.9 cm³/mol. The molecule has 1 aliphatic rings. The summed E-state index contributed by atoms with van der Waals surface area (Å²) < 4.78 is 0. The van der Waals surface area contributed by atoms with Gasteiger partial charge in [-0.3, -0.25) is 9.59 Å². The molecule has 0 heterocycles. The summed E-state index contributed by atoms with van der Waals surface area (Å²) in [7, 11) is 0. The molecule has 5 nitrogen and oxygen atoms in total. The van der Waals surface area contributed by atoms with Gasteiger partial charge in [0.25, 0.3) is 0 Å². The van der Waals surface area contributed by atoms with Crippen LogP contribution in [0, 0.1) is 0 Å². The summed E-state index contributed by atoms with van der Waals surface area (Å²) >= 11 is 0. The second-order valence-electron chi connectivity index (χ2n) is 4.24. The van der Waals surface area contributed by atoms with Crippen molar-refractivity contribution in [2.75, 3.05) is 13.1 Å². The molecule has 0 saturated heterocycles. The molecular formula is C11H22ClN3O2. The predicted octanol–water partition coefficient (Wildman–Crippen LogP) is 0.322. The molecule has 1 aliphatic carbocycles. The van der Waals surface area contributed by atoms with Crippen molar-refractivity contribution in [1.82, 2.24) is 10.6 Å². The molecule has 0 bridgehead atoms. The number of carbonyl (C=O) groups excluding carboxylic acids is 2. The van der Waals surface area contributed by atoms with Gasteiger partial charge in [0.15, 0.2) is 0 Å². The lowest BCUT2D eigenvalue weighted by molar-refractivity contribution is -0.125. The maximum atomic E-state index is 11.5. The molecule has 4 N–H and O–H groups in total. The minimum absolute atomic E-state index is 0. The maximum Gasteiger partial charge on any atom is 0.239 e. The molecule has 0 aromatic rings. The molecule has 1 saturated carbocycles. The quantitative estimate of drug-likeness (QED) is 0.639. The molecule has 1 rings (SSSR count). The molecule has 17 heavy (non-hydrogen) atoms. The summed E-state index contributed by atoms with van der Waals surface area (Å²) in [6.45, 7) is -0.0385. The van der Waals surface area contributed by atoms with Crippen LogP contribution >= 0.6 is 12.4 Å². The van der Waals surface area contributed by atoms with Crippen molar-refractivity contribution in [3.63, 3.8) is 0 Å². The van der Waals surface area contributed by atoms with E-state index in [2.05, 4.69) is 10.6 Å². The Morgan fingerprint density at radius 2 is 1.65 bits per heavy atom. The van der Waals surface area contributed by atoms with Crippen LogP contribution in [0.15, 0.2) is 0 Å². The van der Waals surface area contributed by atoms with Gasteiger partial charge in [0.2, 0.25) is 11.8 Å². The fourth-order valence-electron chi connectivity index (χ4n) is 1.95. The van der Waals surface area contributed by atoms with Gasteiger partial charge in [-0.05, 0) is 12.8 Å².